The number of ether oxygens (including phenoxy) is 1. The van der Waals surface area contributed by atoms with E-state index < -0.39 is 5.97 Å². The van der Waals surface area contributed by atoms with Gasteiger partial charge in [-0.15, -0.1) is 0 Å². The van der Waals surface area contributed by atoms with Crippen molar-refractivity contribution in [2.45, 2.75) is 6.54 Å². The van der Waals surface area contributed by atoms with Crippen molar-refractivity contribution in [3.63, 3.8) is 0 Å². The summed E-state index contributed by atoms with van der Waals surface area (Å²) in [7, 11) is 1.33. The van der Waals surface area contributed by atoms with Crippen molar-refractivity contribution in [2.24, 2.45) is 0 Å². The second-order valence-corrected chi connectivity index (χ2v) is 6.26. The molecule has 5 nitrogen and oxygen atoms in total. The Hall–Kier alpha value is -2.50. The first-order chi connectivity index (χ1) is 12.0. The number of aromatic nitrogens is 2. The van der Waals surface area contributed by atoms with Crippen LogP contribution in [0.4, 0.5) is 5.69 Å². The van der Waals surface area contributed by atoms with Gasteiger partial charge in [-0.05, 0) is 42.0 Å². The number of methoxy groups -OCH3 is 1. The number of halogens is 2. The monoisotopic (exact) mass is 375 g/mol. The molecule has 128 valence electrons. The van der Waals surface area contributed by atoms with Crippen molar-refractivity contribution in [1.82, 2.24) is 9.78 Å². The highest BCUT2D eigenvalue weighted by Crippen LogP contribution is 2.26. The van der Waals surface area contributed by atoms with E-state index in [1.807, 2.05) is 18.2 Å². The Morgan fingerprint density at radius 1 is 1.28 bits per heavy atom. The molecule has 0 bridgehead atoms. The maximum absolute atomic E-state index is 11.4. The summed E-state index contributed by atoms with van der Waals surface area (Å²) in [4.78, 5) is 11.4. The Morgan fingerprint density at radius 2 is 2.08 bits per heavy atom. The Bertz CT molecular complexity index is 980. The van der Waals surface area contributed by atoms with Gasteiger partial charge in [0.25, 0.3) is 0 Å². The first-order valence-corrected chi connectivity index (χ1v) is 8.19. The van der Waals surface area contributed by atoms with Crippen LogP contribution in [0, 0.1) is 0 Å². The van der Waals surface area contributed by atoms with Crippen LogP contribution in [0.15, 0.2) is 42.5 Å². The Labute approximate surface area is 154 Å². The van der Waals surface area contributed by atoms with Gasteiger partial charge in [0.2, 0.25) is 0 Å². The molecular weight excluding hydrogens is 361 g/mol. The van der Waals surface area contributed by atoms with Crippen molar-refractivity contribution >= 4 is 51.8 Å². The number of carbonyl (C=O) groups excluding carboxylic acids is 1. The van der Waals surface area contributed by atoms with Crippen LogP contribution in [-0.2, 0) is 16.1 Å². The second kappa shape index (κ2) is 7.17. The number of nitrogen functional groups attached to an aromatic ring is 1. The zero-order valence-corrected chi connectivity index (χ0v) is 14.9. The fraction of sp³-hybridized carbons (Fsp3) is 0.111. The lowest BCUT2D eigenvalue weighted by atomic mass is 10.1. The summed E-state index contributed by atoms with van der Waals surface area (Å²) in [5.74, 6) is -0.445. The van der Waals surface area contributed by atoms with E-state index in [9.17, 15) is 4.79 Å². The molecule has 0 saturated carbocycles. The van der Waals surface area contributed by atoms with Gasteiger partial charge in [-0.1, -0.05) is 29.3 Å². The maximum atomic E-state index is 11.4. The van der Waals surface area contributed by atoms with E-state index in [0.717, 1.165) is 16.5 Å². The average Bonchev–Trinajstić information content (AvgIpc) is 2.92. The molecule has 0 amide bonds. The zero-order valence-electron chi connectivity index (χ0n) is 13.4. The van der Waals surface area contributed by atoms with Crippen LogP contribution in [-0.4, -0.2) is 22.9 Å². The minimum Gasteiger partial charge on any atom is -0.466 e. The van der Waals surface area contributed by atoms with Crippen molar-refractivity contribution < 1.29 is 9.53 Å². The second-order valence-electron chi connectivity index (χ2n) is 5.41. The van der Waals surface area contributed by atoms with E-state index in [-0.39, 0.29) is 0 Å². The Balaban J connectivity index is 2.06. The summed E-state index contributed by atoms with van der Waals surface area (Å²) in [6.07, 6.45) is 2.95. The first kappa shape index (κ1) is 17.3. The summed E-state index contributed by atoms with van der Waals surface area (Å²) < 4.78 is 6.41. The molecule has 0 saturated heterocycles. The number of rotatable bonds is 4. The molecule has 0 aliphatic carbocycles. The molecule has 3 aromatic rings. The van der Waals surface area contributed by atoms with Gasteiger partial charge in [-0.25, -0.2) is 4.79 Å². The highest BCUT2D eigenvalue weighted by atomic mass is 35.5. The van der Waals surface area contributed by atoms with Crippen molar-refractivity contribution in [3.05, 3.63) is 63.8 Å². The largest absolute Gasteiger partial charge is 0.466 e. The number of benzene rings is 2. The van der Waals surface area contributed by atoms with Crippen molar-refractivity contribution in [3.8, 4) is 0 Å². The fourth-order valence-electron chi connectivity index (χ4n) is 2.49. The summed E-state index contributed by atoms with van der Waals surface area (Å²) in [6, 6.07) is 10.8. The normalized spacial score (nSPS) is 11.3. The molecule has 0 fully saturated rings. The van der Waals surface area contributed by atoms with E-state index >= 15 is 0 Å². The van der Waals surface area contributed by atoms with Crippen LogP contribution in [0.5, 0.6) is 0 Å². The van der Waals surface area contributed by atoms with Gasteiger partial charge in [0.15, 0.2) is 0 Å². The van der Waals surface area contributed by atoms with Gasteiger partial charge in [0, 0.05) is 27.2 Å². The third kappa shape index (κ3) is 3.78. The SMILES string of the molecule is COC(=O)/C=C/c1nn(Cc2ccc(Cl)cc2Cl)c2cc(N)ccc12. The molecule has 3 rings (SSSR count). The van der Waals surface area contributed by atoms with E-state index in [0.29, 0.717) is 28.0 Å². The van der Waals surface area contributed by atoms with Crippen LogP contribution in [0.1, 0.15) is 11.3 Å². The molecule has 0 aliphatic heterocycles. The molecule has 0 spiro atoms. The van der Waals surface area contributed by atoms with E-state index in [1.165, 1.54) is 13.2 Å². The molecule has 0 aliphatic rings. The predicted molar refractivity (Wildman–Crippen MR) is 101 cm³/mol. The molecule has 2 aromatic carbocycles. The summed E-state index contributed by atoms with van der Waals surface area (Å²) in [5, 5.41) is 6.58. The number of nitrogens with zero attached hydrogens (tertiary/aromatic N) is 2. The highest BCUT2D eigenvalue weighted by Gasteiger charge is 2.11. The summed E-state index contributed by atoms with van der Waals surface area (Å²) >= 11 is 12.2. The van der Waals surface area contributed by atoms with Gasteiger partial charge in [0.05, 0.1) is 24.9 Å². The minimum absolute atomic E-state index is 0.445. The third-order valence-corrected chi connectivity index (χ3v) is 4.30. The first-order valence-electron chi connectivity index (χ1n) is 7.44. The van der Waals surface area contributed by atoms with Crippen LogP contribution in [0.25, 0.3) is 17.0 Å². The van der Waals surface area contributed by atoms with Crippen LogP contribution in [0.2, 0.25) is 10.0 Å². The van der Waals surface area contributed by atoms with Crippen LogP contribution in [0.3, 0.4) is 0 Å². The van der Waals surface area contributed by atoms with E-state index in [4.69, 9.17) is 28.9 Å². The fourth-order valence-corrected chi connectivity index (χ4v) is 2.95. The van der Waals surface area contributed by atoms with E-state index in [2.05, 4.69) is 9.84 Å². The molecule has 1 heterocycles. The number of fused-ring (bicyclic) bond motifs is 1. The smallest absolute Gasteiger partial charge is 0.330 e. The molecule has 0 unspecified atom stereocenters. The molecule has 0 atom stereocenters. The quantitative estimate of drug-likeness (QED) is 0.422. The lowest BCUT2D eigenvalue weighted by Gasteiger charge is -2.07. The van der Waals surface area contributed by atoms with Crippen LogP contribution < -0.4 is 5.73 Å². The maximum Gasteiger partial charge on any atom is 0.330 e. The van der Waals surface area contributed by atoms with Crippen molar-refractivity contribution in [2.75, 3.05) is 12.8 Å². The standard InChI is InChI=1S/C18H15Cl2N3O2/c1-25-18(24)7-6-16-14-5-4-13(21)9-17(14)23(22-16)10-11-2-3-12(19)8-15(11)20/h2-9H,10,21H2,1H3/b7-6+. The summed E-state index contributed by atoms with van der Waals surface area (Å²) in [5.41, 5.74) is 8.90. The molecule has 1 aromatic heterocycles. The number of hydrogen-bond acceptors (Lipinski definition) is 4. The lowest BCUT2D eigenvalue weighted by molar-refractivity contribution is -0.134. The number of esters is 1. The van der Waals surface area contributed by atoms with Gasteiger partial charge >= 0.3 is 5.97 Å². The Kier molecular flexibility index (Phi) is 4.97. The number of nitrogens with two attached hydrogens (primary N) is 1. The van der Waals surface area contributed by atoms with Gasteiger partial charge in [0.1, 0.15) is 0 Å². The molecule has 2 N–H and O–H groups in total. The van der Waals surface area contributed by atoms with Crippen LogP contribution >= 0.6 is 23.2 Å². The number of anilines is 1. The third-order valence-electron chi connectivity index (χ3n) is 3.72. The number of hydrogen-bond donors (Lipinski definition) is 1. The van der Waals surface area contributed by atoms with Crippen molar-refractivity contribution in [1.29, 1.82) is 0 Å². The molecular formula is C18H15Cl2N3O2. The average molecular weight is 376 g/mol. The predicted octanol–water partition coefficient (Wildman–Crippen LogP) is 4.16. The summed E-state index contributed by atoms with van der Waals surface area (Å²) in [6.45, 7) is 0.446. The zero-order chi connectivity index (χ0) is 18.0. The van der Waals surface area contributed by atoms with Gasteiger partial charge < -0.3 is 10.5 Å². The van der Waals surface area contributed by atoms with Gasteiger partial charge in [-0.3, -0.25) is 4.68 Å². The Morgan fingerprint density at radius 3 is 2.80 bits per heavy atom. The highest BCUT2D eigenvalue weighted by molar-refractivity contribution is 6.35. The molecule has 0 radical (unpaired) electrons. The van der Waals surface area contributed by atoms with E-state index in [1.54, 1.807) is 29.0 Å². The van der Waals surface area contributed by atoms with Gasteiger partial charge in [-0.2, -0.15) is 5.10 Å². The molecule has 25 heavy (non-hydrogen) atoms. The minimum atomic E-state index is -0.445. The topological polar surface area (TPSA) is 70.1 Å². The lowest BCUT2D eigenvalue weighted by Crippen LogP contribution is -2.03. The number of carbonyl (C=O) groups is 1. The molecule has 7 heteroatoms.